The molecule has 0 aliphatic heterocycles. The maximum absolute atomic E-state index is 12.2. The van der Waals surface area contributed by atoms with Crippen LogP contribution >= 0.6 is 15.9 Å². The Morgan fingerprint density at radius 1 is 1.40 bits per heavy atom. The summed E-state index contributed by atoms with van der Waals surface area (Å²) in [6.45, 7) is 1.90. The fraction of sp³-hybridized carbons (Fsp3) is 0.333. The molecule has 4 nitrogen and oxygen atoms in total. The molecule has 20 heavy (non-hydrogen) atoms. The van der Waals surface area contributed by atoms with Crippen molar-refractivity contribution in [1.29, 1.82) is 0 Å². The van der Waals surface area contributed by atoms with E-state index < -0.39 is 18.7 Å². The van der Waals surface area contributed by atoms with Crippen LogP contribution in [0.5, 0.6) is 0 Å². The number of rotatable bonds is 3. The van der Waals surface area contributed by atoms with E-state index in [9.17, 15) is 13.2 Å². The zero-order valence-corrected chi connectivity index (χ0v) is 11.9. The molecule has 1 heterocycles. The Morgan fingerprint density at radius 2 is 2.10 bits per heavy atom. The van der Waals surface area contributed by atoms with Crippen LogP contribution in [0.25, 0.3) is 11.4 Å². The Bertz CT molecular complexity index is 613. The number of alkyl halides is 3. The summed E-state index contributed by atoms with van der Waals surface area (Å²) in [5.74, 6) is -0.0865. The first kappa shape index (κ1) is 15.0. The zero-order chi connectivity index (χ0) is 14.9. The molecule has 0 fully saturated rings. The fourth-order valence-electron chi connectivity index (χ4n) is 1.47. The molecule has 108 valence electrons. The van der Waals surface area contributed by atoms with E-state index in [2.05, 4.69) is 26.1 Å². The van der Waals surface area contributed by atoms with Crippen LogP contribution in [0.15, 0.2) is 27.2 Å². The van der Waals surface area contributed by atoms with Crippen molar-refractivity contribution >= 4 is 15.9 Å². The highest BCUT2D eigenvalue weighted by Crippen LogP contribution is 2.25. The largest absolute Gasteiger partial charge is 0.414 e. The van der Waals surface area contributed by atoms with Gasteiger partial charge in [0.25, 0.3) is 0 Å². The molecule has 0 aliphatic rings. The van der Waals surface area contributed by atoms with Gasteiger partial charge in [0.1, 0.15) is 0 Å². The molecule has 8 heteroatoms. The molecule has 1 unspecified atom stereocenters. The molecule has 1 N–H and O–H groups in total. The SMILES string of the molecule is Cc1ccc(-c2noc(CC(O)C(F)(F)F)n2)cc1Br. The van der Waals surface area contributed by atoms with Crippen LogP contribution < -0.4 is 0 Å². The Hall–Kier alpha value is -1.41. The summed E-state index contributed by atoms with van der Waals surface area (Å²) in [5, 5.41) is 12.5. The normalized spacial score (nSPS) is 13.5. The maximum atomic E-state index is 12.2. The van der Waals surface area contributed by atoms with E-state index in [1.807, 2.05) is 13.0 Å². The van der Waals surface area contributed by atoms with Crippen LogP contribution in [0.2, 0.25) is 0 Å². The minimum Gasteiger partial charge on any atom is -0.383 e. The van der Waals surface area contributed by atoms with E-state index in [0.29, 0.717) is 5.56 Å². The highest BCUT2D eigenvalue weighted by Gasteiger charge is 2.39. The molecule has 0 amide bonds. The first-order valence-electron chi connectivity index (χ1n) is 5.61. The minimum absolute atomic E-state index is 0.176. The molecule has 2 aromatic rings. The molecule has 1 aromatic heterocycles. The van der Waals surface area contributed by atoms with Crippen molar-refractivity contribution in [2.24, 2.45) is 0 Å². The van der Waals surface area contributed by atoms with Crippen molar-refractivity contribution < 1.29 is 22.8 Å². The summed E-state index contributed by atoms with van der Waals surface area (Å²) >= 11 is 3.34. The second-order valence-electron chi connectivity index (χ2n) is 4.24. The lowest BCUT2D eigenvalue weighted by Gasteiger charge is -2.11. The van der Waals surface area contributed by atoms with Gasteiger partial charge in [-0.1, -0.05) is 33.2 Å². The van der Waals surface area contributed by atoms with Crippen LogP contribution in [0.3, 0.4) is 0 Å². The van der Waals surface area contributed by atoms with Crippen molar-refractivity contribution in [2.45, 2.75) is 25.6 Å². The second kappa shape index (κ2) is 5.53. The number of hydrogen-bond acceptors (Lipinski definition) is 4. The van der Waals surface area contributed by atoms with Crippen molar-refractivity contribution in [3.8, 4) is 11.4 Å². The van der Waals surface area contributed by atoms with Crippen LogP contribution in [-0.2, 0) is 6.42 Å². The number of aromatic nitrogens is 2. The number of hydrogen-bond donors (Lipinski definition) is 1. The highest BCUT2D eigenvalue weighted by atomic mass is 79.9. The van der Waals surface area contributed by atoms with Crippen LogP contribution in [0.4, 0.5) is 13.2 Å². The molecule has 0 saturated carbocycles. The molecule has 0 radical (unpaired) electrons. The number of halogens is 4. The van der Waals surface area contributed by atoms with Gasteiger partial charge in [-0.05, 0) is 18.6 Å². The lowest BCUT2D eigenvalue weighted by atomic mass is 10.1. The average Bonchev–Trinajstić information content (AvgIpc) is 2.80. The summed E-state index contributed by atoms with van der Waals surface area (Å²) in [5.41, 5.74) is 1.61. The second-order valence-corrected chi connectivity index (χ2v) is 5.09. The summed E-state index contributed by atoms with van der Waals surface area (Å²) in [6, 6.07) is 5.29. The molecule has 1 aromatic carbocycles. The summed E-state index contributed by atoms with van der Waals surface area (Å²) < 4.78 is 42.2. The van der Waals surface area contributed by atoms with Gasteiger partial charge in [0.15, 0.2) is 6.10 Å². The molecule has 0 saturated heterocycles. The molecular formula is C12H10BrF3N2O2. The zero-order valence-electron chi connectivity index (χ0n) is 10.3. The summed E-state index contributed by atoms with van der Waals surface area (Å²) in [4.78, 5) is 3.85. The Balaban J connectivity index is 2.18. The van der Waals surface area contributed by atoms with E-state index in [1.165, 1.54) is 0 Å². The number of nitrogens with zero attached hydrogens (tertiary/aromatic N) is 2. The van der Waals surface area contributed by atoms with Crippen LogP contribution in [0, 0.1) is 6.92 Å². The third-order valence-corrected chi connectivity index (χ3v) is 3.50. The number of aliphatic hydroxyl groups is 1. The Kier molecular flexibility index (Phi) is 4.14. The topological polar surface area (TPSA) is 59.2 Å². The van der Waals surface area contributed by atoms with Gasteiger partial charge in [-0.25, -0.2) is 0 Å². The third-order valence-electron chi connectivity index (χ3n) is 2.64. The summed E-state index contributed by atoms with van der Waals surface area (Å²) in [6.07, 6.45) is -7.98. The predicted molar refractivity (Wildman–Crippen MR) is 67.9 cm³/mol. The first-order valence-corrected chi connectivity index (χ1v) is 6.40. The van der Waals surface area contributed by atoms with E-state index in [4.69, 9.17) is 9.63 Å². The number of benzene rings is 1. The lowest BCUT2D eigenvalue weighted by molar-refractivity contribution is -0.204. The van der Waals surface area contributed by atoms with Crippen molar-refractivity contribution in [2.75, 3.05) is 0 Å². The third kappa shape index (κ3) is 3.37. The molecule has 0 aliphatic carbocycles. The first-order chi connectivity index (χ1) is 9.27. The number of aryl methyl sites for hydroxylation is 1. The highest BCUT2D eigenvalue weighted by molar-refractivity contribution is 9.10. The molecule has 1 atom stereocenters. The van der Waals surface area contributed by atoms with E-state index in [-0.39, 0.29) is 11.7 Å². The maximum Gasteiger partial charge on any atom is 0.414 e. The van der Waals surface area contributed by atoms with E-state index in [0.717, 1.165) is 10.0 Å². The minimum atomic E-state index is -4.71. The fourth-order valence-corrected chi connectivity index (χ4v) is 1.85. The smallest absolute Gasteiger partial charge is 0.383 e. The van der Waals surface area contributed by atoms with E-state index in [1.54, 1.807) is 12.1 Å². The van der Waals surface area contributed by atoms with Crippen LogP contribution in [-0.4, -0.2) is 27.5 Å². The van der Waals surface area contributed by atoms with Gasteiger partial charge in [0, 0.05) is 10.0 Å². The van der Waals surface area contributed by atoms with Gasteiger partial charge in [0.05, 0.1) is 6.42 Å². The molecular weight excluding hydrogens is 341 g/mol. The van der Waals surface area contributed by atoms with Crippen molar-refractivity contribution in [3.63, 3.8) is 0 Å². The monoisotopic (exact) mass is 350 g/mol. The Labute approximate surface area is 120 Å². The van der Waals surface area contributed by atoms with Gasteiger partial charge < -0.3 is 9.63 Å². The molecule has 0 bridgehead atoms. The van der Waals surface area contributed by atoms with Crippen molar-refractivity contribution in [1.82, 2.24) is 10.1 Å². The van der Waals surface area contributed by atoms with Crippen molar-refractivity contribution in [3.05, 3.63) is 34.1 Å². The van der Waals surface area contributed by atoms with Gasteiger partial charge in [-0.2, -0.15) is 18.2 Å². The van der Waals surface area contributed by atoms with Gasteiger partial charge in [-0.3, -0.25) is 0 Å². The lowest BCUT2D eigenvalue weighted by Crippen LogP contribution is -2.30. The van der Waals surface area contributed by atoms with Gasteiger partial charge >= 0.3 is 6.18 Å². The van der Waals surface area contributed by atoms with Gasteiger partial charge in [-0.15, -0.1) is 0 Å². The summed E-state index contributed by atoms with van der Waals surface area (Å²) in [7, 11) is 0. The quantitative estimate of drug-likeness (QED) is 0.922. The number of aliphatic hydroxyl groups excluding tert-OH is 1. The van der Waals surface area contributed by atoms with E-state index >= 15 is 0 Å². The Morgan fingerprint density at radius 3 is 2.70 bits per heavy atom. The van der Waals surface area contributed by atoms with Gasteiger partial charge in [0.2, 0.25) is 11.7 Å². The standard InChI is InChI=1S/C12H10BrF3N2O2/c1-6-2-3-7(4-8(6)13)11-17-10(20-18-11)5-9(19)12(14,15)16/h2-4,9,19H,5H2,1H3. The predicted octanol–water partition coefficient (Wildman–Crippen LogP) is 3.27. The molecule has 0 spiro atoms. The average molecular weight is 351 g/mol. The molecule has 2 rings (SSSR count). The van der Waals surface area contributed by atoms with Crippen LogP contribution in [0.1, 0.15) is 11.5 Å².